The maximum atomic E-state index is 9.28. The number of hydrogen-bond donors (Lipinski definition) is 1. The lowest BCUT2D eigenvalue weighted by atomic mass is 10.1. The van der Waals surface area contributed by atoms with Gasteiger partial charge >= 0.3 is 0 Å². The summed E-state index contributed by atoms with van der Waals surface area (Å²) in [7, 11) is 0. The number of ether oxygens (including phenoxy) is 1. The molecule has 0 aliphatic carbocycles. The number of nitrogens with zero attached hydrogens (tertiary/aromatic N) is 2. The minimum atomic E-state index is 0.695. The third-order valence-electron chi connectivity index (χ3n) is 3.33. The average Bonchev–Trinajstić information content (AvgIpc) is 2.93. The topological polar surface area (TPSA) is 52.0 Å². The van der Waals surface area contributed by atoms with Crippen molar-refractivity contribution in [3.63, 3.8) is 0 Å². The number of nitriles is 1. The van der Waals surface area contributed by atoms with Crippen LogP contribution in [0.5, 0.6) is 0 Å². The van der Waals surface area contributed by atoms with Crippen LogP contribution < -0.4 is 4.90 Å². The van der Waals surface area contributed by atoms with Crippen molar-refractivity contribution in [2.24, 2.45) is 0 Å². The summed E-state index contributed by atoms with van der Waals surface area (Å²) in [6, 6.07) is 14.2. The molecule has 3 rings (SSSR count). The standard InChI is InChI=1S/C15H15N3O/c16-11-13-10-14(12-4-2-1-3-5-12)17-15(13)18-6-8-19-9-7-18/h1-5,10,17H,6-9H2. The number of hydrogen-bond acceptors (Lipinski definition) is 3. The van der Waals surface area contributed by atoms with Gasteiger partial charge in [-0.3, -0.25) is 0 Å². The first kappa shape index (κ1) is 11.8. The molecule has 2 heterocycles. The maximum absolute atomic E-state index is 9.28. The molecular weight excluding hydrogens is 238 g/mol. The van der Waals surface area contributed by atoms with Crippen LogP contribution in [0.4, 0.5) is 5.82 Å². The van der Waals surface area contributed by atoms with Crippen LogP contribution in [0.3, 0.4) is 0 Å². The average molecular weight is 253 g/mol. The number of anilines is 1. The zero-order valence-electron chi connectivity index (χ0n) is 10.6. The lowest BCUT2D eigenvalue weighted by molar-refractivity contribution is 0.122. The molecule has 1 aliphatic rings. The van der Waals surface area contributed by atoms with Crippen LogP contribution in [0, 0.1) is 11.3 Å². The number of nitrogens with one attached hydrogen (secondary N) is 1. The van der Waals surface area contributed by atoms with Crippen LogP contribution in [0.2, 0.25) is 0 Å². The highest BCUT2D eigenvalue weighted by Crippen LogP contribution is 2.27. The van der Waals surface area contributed by atoms with E-state index in [-0.39, 0.29) is 0 Å². The first-order valence-corrected chi connectivity index (χ1v) is 6.40. The highest BCUT2D eigenvalue weighted by Gasteiger charge is 2.18. The Labute approximate surface area is 112 Å². The van der Waals surface area contributed by atoms with E-state index in [4.69, 9.17) is 4.74 Å². The highest BCUT2D eigenvalue weighted by atomic mass is 16.5. The number of morpholine rings is 1. The third kappa shape index (κ3) is 2.33. The Morgan fingerprint density at radius 1 is 1.16 bits per heavy atom. The summed E-state index contributed by atoms with van der Waals surface area (Å²) in [4.78, 5) is 5.54. The third-order valence-corrected chi connectivity index (χ3v) is 3.33. The predicted molar refractivity (Wildman–Crippen MR) is 74.0 cm³/mol. The minimum Gasteiger partial charge on any atom is -0.378 e. The summed E-state index contributed by atoms with van der Waals surface area (Å²) in [5.41, 5.74) is 2.78. The molecule has 0 saturated carbocycles. The Hall–Kier alpha value is -2.25. The van der Waals surface area contributed by atoms with E-state index < -0.39 is 0 Å². The van der Waals surface area contributed by atoms with Gasteiger partial charge in [0.15, 0.2) is 0 Å². The molecule has 0 atom stereocenters. The molecule has 1 fully saturated rings. The minimum absolute atomic E-state index is 0.695. The van der Waals surface area contributed by atoms with Gasteiger partial charge in [0.1, 0.15) is 11.9 Å². The molecule has 0 bridgehead atoms. The molecule has 0 radical (unpaired) electrons. The lowest BCUT2D eigenvalue weighted by Gasteiger charge is -2.27. The van der Waals surface area contributed by atoms with Crippen LogP contribution in [-0.4, -0.2) is 31.3 Å². The lowest BCUT2D eigenvalue weighted by Crippen LogP contribution is -2.36. The SMILES string of the molecule is N#Cc1cc(-c2ccccc2)[nH]c1N1CCOCC1. The van der Waals surface area contributed by atoms with Crippen LogP contribution in [0.1, 0.15) is 5.56 Å². The van der Waals surface area contributed by atoms with Gasteiger partial charge in [-0.2, -0.15) is 5.26 Å². The van der Waals surface area contributed by atoms with Gasteiger partial charge in [0.25, 0.3) is 0 Å². The number of aromatic nitrogens is 1. The second kappa shape index (κ2) is 5.17. The summed E-state index contributed by atoms with van der Waals surface area (Å²) in [6.07, 6.45) is 0. The molecule has 19 heavy (non-hydrogen) atoms. The smallest absolute Gasteiger partial charge is 0.124 e. The van der Waals surface area contributed by atoms with Gasteiger partial charge < -0.3 is 14.6 Å². The monoisotopic (exact) mass is 253 g/mol. The fourth-order valence-electron chi connectivity index (χ4n) is 2.34. The largest absolute Gasteiger partial charge is 0.378 e. The van der Waals surface area contributed by atoms with Gasteiger partial charge in [0, 0.05) is 18.8 Å². The normalized spacial score (nSPS) is 15.2. The van der Waals surface area contributed by atoms with Crippen molar-refractivity contribution in [1.29, 1.82) is 5.26 Å². The van der Waals surface area contributed by atoms with E-state index in [0.29, 0.717) is 18.8 Å². The van der Waals surface area contributed by atoms with E-state index in [0.717, 1.165) is 30.2 Å². The van der Waals surface area contributed by atoms with Crippen molar-refractivity contribution < 1.29 is 4.74 Å². The van der Waals surface area contributed by atoms with Crippen molar-refractivity contribution in [3.05, 3.63) is 42.0 Å². The van der Waals surface area contributed by atoms with Gasteiger partial charge in [-0.25, -0.2) is 0 Å². The van der Waals surface area contributed by atoms with Crippen LogP contribution >= 0.6 is 0 Å². The second-order valence-corrected chi connectivity index (χ2v) is 4.52. The van der Waals surface area contributed by atoms with Crippen molar-refractivity contribution >= 4 is 5.82 Å². The molecule has 0 unspecified atom stereocenters. The van der Waals surface area contributed by atoms with E-state index >= 15 is 0 Å². The van der Waals surface area contributed by atoms with Crippen molar-refractivity contribution in [2.75, 3.05) is 31.2 Å². The number of H-pyrrole nitrogens is 1. The molecule has 1 saturated heterocycles. The zero-order valence-corrected chi connectivity index (χ0v) is 10.6. The molecule has 1 aromatic heterocycles. The Balaban J connectivity index is 1.97. The Morgan fingerprint density at radius 3 is 2.58 bits per heavy atom. The molecule has 1 N–H and O–H groups in total. The van der Waals surface area contributed by atoms with Crippen molar-refractivity contribution in [1.82, 2.24) is 4.98 Å². The molecular formula is C15H15N3O. The van der Waals surface area contributed by atoms with E-state index in [1.165, 1.54) is 0 Å². The molecule has 0 amide bonds. The van der Waals surface area contributed by atoms with Crippen molar-refractivity contribution in [2.45, 2.75) is 0 Å². The van der Waals surface area contributed by atoms with Gasteiger partial charge in [-0.1, -0.05) is 30.3 Å². The summed E-state index contributed by atoms with van der Waals surface area (Å²) in [6.45, 7) is 3.07. The molecule has 4 nitrogen and oxygen atoms in total. The van der Waals surface area contributed by atoms with Crippen molar-refractivity contribution in [3.8, 4) is 17.3 Å². The van der Waals surface area contributed by atoms with Gasteiger partial charge in [-0.15, -0.1) is 0 Å². The molecule has 4 heteroatoms. The zero-order chi connectivity index (χ0) is 13.1. The van der Waals surface area contributed by atoms with Crippen LogP contribution in [-0.2, 0) is 4.74 Å². The summed E-state index contributed by atoms with van der Waals surface area (Å²) >= 11 is 0. The predicted octanol–water partition coefficient (Wildman–Crippen LogP) is 2.39. The Kier molecular flexibility index (Phi) is 3.21. The second-order valence-electron chi connectivity index (χ2n) is 4.52. The summed E-state index contributed by atoms with van der Waals surface area (Å²) < 4.78 is 5.35. The highest BCUT2D eigenvalue weighted by molar-refractivity contribution is 5.69. The van der Waals surface area contributed by atoms with E-state index in [1.54, 1.807) is 0 Å². The summed E-state index contributed by atoms with van der Waals surface area (Å²) in [5.74, 6) is 0.907. The Bertz CT molecular complexity index is 592. The van der Waals surface area contributed by atoms with Gasteiger partial charge in [0.2, 0.25) is 0 Å². The fraction of sp³-hybridized carbons (Fsp3) is 0.267. The maximum Gasteiger partial charge on any atom is 0.124 e. The Morgan fingerprint density at radius 2 is 1.89 bits per heavy atom. The first-order chi connectivity index (χ1) is 9.38. The van der Waals surface area contributed by atoms with E-state index in [9.17, 15) is 5.26 Å². The number of benzene rings is 1. The fourth-order valence-corrected chi connectivity index (χ4v) is 2.34. The molecule has 0 spiro atoms. The van der Waals surface area contributed by atoms with Crippen LogP contribution in [0.15, 0.2) is 36.4 Å². The van der Waals surface area contributed by atoms with Crippen LogP contribution in [0.25, 0.3) is 11.3 Å². The number of aromatic amines is 1. The molecule has 2 aromatic rings. The molecule has 1 aliphatic heterocycles. The molecule has 1 aromatic carbocycles. The first-order valence-electron chi connectivity index (χ1n) is 6.40. The van der Waals surface area contributed by atoms with E-state index in [2.05, 4.69) is 16.0 Å². The number of rotatable bonds is 2. The van der Waals surface area contributed by atoms with E-state index in [1.807, 2.05) is 36.4 Å². The van der Waals surface area contributed by atoms with Gasteiger partial charge in [0.05, 0.1) is 18.8 Å². The quantitative estimate of drug-likeness (QED) is 0.894. The molecule has 96 valence electrons. The summed E-state index contributed by atoms with van der Waals surface area (Å²) in [5, 5.41) is 9.28. The van der Waals surface area contributed by atoms with Gasteiger partial charge in [-0.05, 0) is 11.6 Å².